The molecule has 0 bridgehead atoms. The van der Waals surface area contributed by atoms with Crippen LogP contribution < -0.4 is 10.1 Å². The molecule has 2 aromatic rings. The molecule has 128 valence electrons. The number of nitrogens with zero attached hydrogens (tertiary/aromatic N) is 1. The fourth-order valence-corrected chi connectivity index (χ4v) is 2.58. The second kappa shape index (κ2) is 8.56. The molecule has 0 unspecified atom stereocenters. The van der Waals surface area contributed by atoms with Gasteiger partial charge in [-0.15, -0.1) is 0 Å². The molecule has 0 saturated heterocycles. The molecule has 0 saturated carbocycles. The number of ether oxygens (including phenoxy) is 1. The van der Waals surface area contributed by atoms with Crippen molar-refractivity contribution in [2.24, 2.45) is 0 Å². The molecule has 5 nitrogen and oxygen atoms in total. The Labute approximate surface area is 158 Å². The molecule has 1 amide bonds. The minimum absolute atomic E-state index is 0.0388. The Bertz CT molecular complexity index is 858. The van der Waals surface area contributed by atoms with E-state index in [0.717, 1.165) is 0 Å². The first-order chi connectivity index (χ1) is 11.9. The molecule has 0 fully saturated rings. The monoisotopic (exact) mass is 420 g/mol. The minimum Gasteiger partial charge on any atom is -0.503 e. The largest absolute Gasteiger partial charge is 0.503 e. The summed E-state index contributed by atoms with van der Waals surface area (Å²) in [5, 5.41) is 22.4. The van der Waals surface area contributed by atoms with Crippen LogP contribution in [0.5, 0.6) is 11.5 Å². The van der Waals surface area contributed by atoms with E-state index in [0.29, 0.717) is 27.4 Å². The maximum absolute atomic E-state index is 12.3. The first-order valence-electron chi connectivity index (χ1n) is 7.28. The van der Waals surface area contributed by atoms with Gasteiger partial charge in [-0.1, -0.05) is 11.6 Å². The van der Waals surface area contributed by atoms with Crippen LogP contribution in [0.4, 0.5) is 5.69 Å². The second-order valence-electron chi connectivity index (χ2n) is 4.91. The van der Waals surface area contributed by atoms with Crippen molar-refractivity contribution >= 4 is 45.2 Å². The van der Waals surface area contributed by atoms with E-state index in [-0.39, 0.29) is 17.1 Å². The van der Waals surface area contributed by atoms with Gasteiger partial charge in [0, 0.05) is 10.7 Å². The molecule has 0 spiro atoms. The smallest absolute Gasteiger partial charge is 0.266 e. The van der Waals surface area contributed by atoms with Gasteiger partial charge >= 0.3 is 0 Å². The van der Waals surface area contributed by atoms with Crippen LogP contribution in [-0.4, -0.2) is 17.6 Å². The minimum atomic E-state index is -0.549. The van der Waals surface area contributed by atoms with Gasteiger partial charge in [0.1, 0.15) is 11.6 Å². The van der Waals surface area contributed by atoms with Crippen LogP contribution in [-0.2, 0) is 4.79 Å². The normalized spacial score (nSPS) is 10.9. The molecule has 0 heterocycles. The Kier molecular flexibility index (Phi) is 6.45. The Morgan fingerprint density at radius 3 is 2.68 bits per heavy atom. The summed E-state index contributed by atoms with van der Waals surface area (Å²) in [5.74, 6) is -0.325. The Hall–Kier alpha value is -2.49. The van der Waals surface area contributed by atoms with Gasteiger partial charge in [0.25, 0.3) is 5.91 Å². The lowest BCUT2D eigenvalue weighted by atomic mass is 10.1. The number of rotatable bonds is 5. The van der Waals surface area contributed by atoms with Crippen molar-refractivity contribution in [3.05, 3.63) is 57.0 Å². The molecule has 0 radical (unpaired) electrons. The van der Waals surface area contributed by atoms with E-state index >= 15 is 0 Å². The number of phenolic OH excluding ortho intramolecular Hbond substituents is 1. The summed E-state index contributed by atoms with van der Waals surface area (Å²) >= 11 is 9.02. The lowest BCUT2D eigenvalue weighted by Gasteiger charge is -2.09. The fourth-order valence-electron chi connectivity index (χ4n) is 1.99. The second-order valence-corrected chi connectivity index (χ2v) is 6.20. The van der Waals surface area contributed by atoms with Crippen molar-refractivity contribution in [2.75, 3.05) is 11.9 Å². The number of halogens is 2. The number of aromatic hydroxyl groups is 1. The van der Waals surface area contributed by atoms with Gasteiger partial charge in [0.15, 0.2) is 11.5 Å². The molecule has 2 aromatic carbocycles. The van der Waals surface area contributed by atoms with Crippen molar-refractivity contribution in [3.63, 3.8) is 0 Å². The van der Waals surface area contributed by atoms with E-state index in [1.165, 1.54) is 6.08 Å². The van der Waals surface area contributed by atoms with Gasteiger partial charge < -0.3 is 15.2 Å². The number of benzene rings is 2. The standard InChI is InChI=1S/C18H14BrClN2O3/c1-2-25-16-9-11(8-15(19)17(16)23)7-12(10-21)18(24)22-14-5-3-13(20)4-6-14/h3-9,23H,2H2,1H3,(H,22,24)/b12-7-. The third-order valence-electron chi connectivity index (χ3n) is 3.13. The van der Waals surface area contributed by atoms with Gasteiger partial charge in [0.2, 0.25) is 0 Å². The summed E-state index contributed by atoms with van der Waals surface area (Å²) < 4.78 is 5.74. The lowest BCUT2D eigenvalue weighted by Crippen LogP contribution is -2.13. The van der Waals surface area contributed by atoms with Crippen LogP contribution in [0.3, 0.4) is 0 Å². The molecule has 0 aromatic heterocycles. The number of hydrogen-bond acceptors (Lipinski definition) is 4. The quantitative estimate of drug-likeness (QED) is 0.539. The number of carbonyl (C=O) groups is 1. The highest BCUT2D eigenvalue weighted by Crippen LogP contribution is 2.36. The molecular formula is C18H14BrClN2O3. The number of carbonyl (C=O) groups excluding carboxylic acids is 1. The average molecular weight is 422 g/mol. The Morgan fingerprint density at radius 1 is 1.40 bits per heavy atom. The zero-order valence-electron chi connectivity index (χ0n) is 13.2. The van der Waals surface area contributed by atoms with E-state index in [2.05, 4.69) is 21.2 Å². The first kappa shape index (κ1) is 18.8. The summed E-state index contributed by atoms with van der Waals surface area (Å²) in [7, 11) is 0. The van der Waals surface area contributed by atoms with E-state index in [9.17, 15) is 15.2 Å². The Balaban J connectivity index is 2.29. The number of nitrogens with one attached hydrogen (secondary N) is 1. The number of phenols is 1. The van der Waals surface area contributed by atoms with E-state index in [1.54, 1.807) is 43.3 Å². The zero-order chi connectivity index (χ0) is 18.4. The number of amides is 1. The van der Waals surface area contributed by atoms with Gasteiger partial charge in [-0.3, -0.25) is 4.79 Å². The summed E-state index contributed by atoms with van der Waals surface area (Å²) in [6.45, 7) is 2.16. The topological polar surface area (TPSA) is 82.3 Å². The summed E-state index contributed by atoms with van der Waals surface area (Å²) in [4.78, 5) is 12.3. The predicted molar refractivity (Wildman–Crippen MR) is 101 cm³/mol. The predicted octanol–water partition coefficient (Wildman–Crippen LogP) is 4.75. The summed E-state index contributed by atoms with van der Waals surface area (Å²) in [6.07, 6.45) is 1.41. The first-order valence-corrected chi connectivity index (χ1v) is 8.45. The molecule has 0 aliphatic rings. The van der Waals surface area contributed by atoms with Crippen LogP contribution >= 0.6 is 27.5 Å². The van der Waals surface area contributed by atoms with Gasteiger partial charge in [0.05, 0.1) is 11.1 Å². The van der Waals surface area contributed by atoms with Crippen LogP contribution in [0.2, 0.25) is 5.02 Å². The van der Waals surface area contributed by atoms with Crippen LogP contribution in [0, 0.1) is 11.3 Å². The Morgan fingerprint density at radius 2 is 2.08 bits per heavy atom. The molecule has 25 heavy (non-hydrogen) atoms. The van der Waals surface area contributed by atoms with Gasteiger partial charge in [-0.05, 0) is 70.9 Å². The molecule has 0 atom stereocenters. The number of anilines is 1. The van der Waals surface area contributed by atoms with Crippen molar-refractivity contribution in [2.45, 2.75) is 6.92 Å². The highest BCUT2D eigenvalue weighted by molar-refractivity contribution is 9.10. The third kappa shape index (κ3) is 4.99. The van der Waals surface area contributed by atoms with Crippen molar-refractivity contribution < 1.29 is 14.6 Å². The maximum Gasteiger partial charge on any atom is 0.266 e. The zero-order valence-corrected chi connectivity index (χ0v) is 15.6. The third-order valence-corrected chi connectivity index (χ3v) is 3.99. The van der Waals surface area contributed by atoms with Gasteiger partial charge in [-0.2, -0.15) is 5.26 Å². The average Bonchev–Trinajstić information content (AvgIpc) is 2.59. The van der Waals surface area contributed by atoms with Crippen LogP contribution in [0.25, 0.3) is 6.08 Å². The highest BCUT2D eigenvalue weighted by Gasteiger charge is 2.12. The number of nitriles is 1. The summed E-state index contributed by atoms with van der Waals surface area (Å²) in [6, 6.07) is 11.6. The van der Waals surface area contributed by atoms with E-state index in [4.69, 9.17) is 16.3 Å². The number of hydrogen-bond donors (Lipinski definition) is 2. The molecule has 0 aliphatic heterocycles. The molecule has 2 N–H and O–H groups in total. The maximum atomic E-state index is 12.3. The lowest BCUT2D eigenvalue weighted by molar-refractivity contribution is -0.112. The summed E-state index contributed by atoms with van der Waals surface area (Å²) in [5.41, 5.74) is 0.975. The molecule has 2 rings (SSSR count). The highest BCUT2D eigenvalue weighted by atomic mass is 79.9. The molecule has 7 heteroatoms. The van der Waals surface area contributed by atoms with Gasteiger partial charge in [-0.25, -0.2) is 0 Å². The molecule has 0 aliphatic carbocycles. The fraction of sp³-hybridized carbons (Fsp3) is 0.111. The SMILES string of the molecule is CCOc1cc(/C=C(/C#N)C(=O)Nc2ccc(Cl)cc2)cc(Br)c1O. The van der Waals surface area contributed by atoms with Crippen molar-refractivity contribution in [1.82, 2.24) is 0 Å². The van der Waals surface area contributed by atoms with Crippen LogP contribution in [0.15, 0.2) is 46.4 Å². The van der Waals surface area contributed by atoms with Crippen molar-refractivity contribution in [1.29, 1.82) is 5.26 Å². The van der Waals surface area contributed by atoms with Crippen molar-refractivity contribution in [3.8, 4) is 17.6 Å². The van der Waals surface area contributed by atoms with E-state index < -0.39 is 5.91 Å². The molecular weight excluding hydrogens is 408 g/mol. The van der Waals surface area contributed by atoms with Crippen LogP contribution in [0.1, 0.15) is 12.5 Å². The van der Waals surface area contributed by atoms with E-state index in [1.807, 2.05) is 6.07 Å².